The number of aromatic nitrogens is 5. The van der Waals surface area contributed by atoms with Gasteiger partial charge in [0.05, 0.1) is 5.69 Å². The molecule has 0 bridgehead atoms. The highest BCUT2D eigenvalue weighted by atomic mass is 16.4. The van der Waals surface area contributed by atoms with Crippen LogP contribution in [0.2, 0.25) is 0 Å². The van der Waals surface area contributed by atoms with Crippen molar-refractivity contribution in [3.05, 3.63) is 60.8 Å². The van der Waals surface area contributed by atoms with Crippen LogP contribution in [0, 0.1) is 5.92 Å². The first-order valence-electron chi connectivity index (χ1n) is 10.8. The van der Waals surface area contributed by atoms with Gasteiger partial charge in [0.15, 0.2) is 12.2 Å². The molecule has 4 aromatic rings. The number of carboxylic acid groups (broad SMARTS) is 1. The van der Waals surface area contributed by atoms with Crippen LogP contribution < -0.4 is 0 Å². The van der Waals surface area contributed by atoms with Gasteiger partial charge in [-0.3, -0.25) is 14.9 Å². The summed E-state index contributed by atoms with van der Waals surface area (Å²) in [5.41, 5.74) is 4.68. The molecule has 5 rings (SSSR count). The van der Waals surface area contributed by atoms with Crippen molar-refractivity contribution >= 4 is 5.97 Å². The zero-order chi connectivity index (χ0) is 21.9. The maximum absolute atomic E-state index is 10.9. The summed E-state index contributed by atoms with van der Waals surface area (Å²) in [6, 6.07) is 12.5. The molecule has 1 fully saturated rings. The lowest BCUT2D eigenvalue weighted by Crippen LogP contribution is -2.16. The van der Waals surface area contributed by atoms with Gasteiger partial charge in [0.2, 0.25) is 5.82 Å². The van der Waals surface area contributed by atoms with E-state index in [2.05, 4.69) is 49.4 Å². The molecule has 3 heterocycles. The molecule has 1 saturated carbocycles. The minimum atomic E-state index is -0.685. The van der Waals surface area contributed by atoms with Crippen molar-refractivity contribution in [2.75, 3.05) is 0 Å². The quantitative estimate of drug-likeness (QED) is 0.446. The van der Waals surface area contributed by atoms with Gasteiger partial charge in [-0.15, -0.1) is 0 Å². The Labute approximate surface area is 184 Å². The number of pyridine rings is 1. The Morgan fingerprint density at radius 2 is 1.78 bits per heavy atom. The standard InChI is InChI=1S/C24H23N5O3/c30-22(31)11-15-1-3-16(4-2-15)17-5-7-18(8-6-17)20-10-9-19(12-25-20)23-27-24(29-28-23)21-13-32-14-26-21/h5-10,12-16H,1-4,11H2,(H,30,31)(H,27,28,29)/t15-,16-. The van der Waals surface area contributed by atoms with E-state index in [-0.39, 0.29) is 0 Å². The highest BCUT2D eigenvalue weighted by molar-refractivity contribution is 5.67. The fourth-order valence-electron chi connectivity index (χ4n) is 4.41. The molecule has 8 nitrogen and oxygen atoms in total. The van der Waals surface area contributed by atoms with Crippen LogP contribution in [0.3, 0.4) is 0 Å². The molecule has 1 aliphatic carbocycles. The Balaban J connectivity index is 1.24. The zero-order valence-corrected chi connectivity index (χ0v) is 17.4. The maximum atomic E-state index is 10.9. The number of nitrogens with zero attached hydrogens (tertiary/aromatic N) is 4. The van der Waals surface area contributed by atoms with Crippen LogP contribution in [0.15, 0.2) is 59.7 Å². The van der Waals surface area contributed by atoms with Crippen LogP contribution >= 0.6 is 0 Å². The highest BCUT2D eigenvalue weighted by Gasteiger charge is 2.24. The molecule has 0 amide bonds. The van der Waals surface area contributed by atoms with E-state index in [4.69, 9.17) is 9.52 Å². The van der Waals surface area contributed by atoms with Crippen LogP contribution in [0.1, 0.15) is 43.6 Å². The lowest BCUT2D eigenvalue weighted by atomic mass is 9.77. The Kier molecular flexibility index (Phi) is 5.49. The van der Waals surface area contributed by atoms with Gasteiger partial charge >= 0.3 is 5.97 Å². The highest BCUT2D eigenvalue weighted by Crippen LogP contribution is 2.37. The molecule has 0 saturated heterocycles. The van der Waals surface area contributed by atoms with Crippen LogP contribution in [-0.4, -0.2) is 36.2 Å². The number of hydrogen-bond acceptors (Lipinski definition) is 6. The Morgan fingerprint density at radius 1 is 1.00 bits per heavy atom. The van der Waals surface area contributed by atoms with Crippen molar-refractivity contribution in [1.82, 2.24) is 25.1 Å². The molecular formula is C24H23N5O3. The average Bonchev–Trinajstić information content (AvgIpc) is 3.52. The molecule has 8 heteroatoms. The van der Waals surface area contributed by atoms with Crippen molar-refractivity contribution < 1.29 is 14.3 Å². The number of hydrogen-bond donors (Lipinski definition) is 2. The van der Waals surface area contributed by atoms with Gasteiger partial charge in [-0.2, -0.15) is 5.10 Å². The third kappa shape index (κ3) is 4.30. The van der Waals surface area contributed by atoms with E-state index in [9.17, 15) is 4.79 Å². The van der Waals surface area contributed by atoms with Crippen molar-refractivity contribution in [2.45, 2.75) is 38.0 Å². The maximum Gasteiger partial charge on any atom is 0.303 e. The number of nitrogens with one attached hydrogen (secondary N) is 1. The fourth-order valence-corrected chi connectivity index (χ4v) is 4.41. The Bertz CT molecular complexity index is 1180. The monoisotopic (exact) mass is 429 g/mol. The number of H-pyrrole nitrogens is 1. The summed E-state index contributed by atoms with van der Waals surface area (Å²) >= 11 is 0. The molecule has 2 N–H and O–H groups in total. The summed E-state index contributed by atoms with van der Waals surface area (Å²) < 4.78 is 4.98. The first-order chi connectivity index (χ1) is 15.7. The Morgan fingerprint density at radius 3 is 2.44 bits per heavy atom. The molecule has 0 unspecified atom stereocenters. The van der Waals surface area contributed by atoms with Crippen molar-refractivity contribution in [1.29, 1.82) is 0 Å². The number of carbonyl (C=O) groups is 1. The largest absolute Gasteiger partial charge is 0.481 e. The molecule has 1 aliphatic rings. The number of aliphatic carboxylic acids is 1. The van der Waals surface area contributed by atoms with E-state index >= 15 is 0 Å². The van der Waals surface area contributed by atoms with Gasteiger partial charge in [0, 0.05) is 23.7 Å². The second-order valence-electron chi connectivity index (χ2n) is 8.25. The van der Waals surface area contributed by atoms with E-state index in [1.165, 1.54) is 18.2 Å². The van der Waals surface area contributed by atoms with Gasteiger partial charge in [-0.25, -0.2) is 9.97 Å². The minimum Gasteiger partial charge on any atom is -0.481 e. The molecule has 0 radical (unpaired) electrons. The lowest BCUT2D eigenvalue weighted by molar-refractivity contribution is -0.138. The van der Waals surface area contributed by atoms with Gasteiger partial charge in [0.1, 0.15) is 12.0 Å². The normalized spacial score (nSPS) is 18.5. The topological polar surface area (TPSA) is 118 Å². The molecule has 0 atom stereocenters. The first-order valence-corrected chi connectivity index (χ1v) is 10.8. The molecule has 32 heavy (non-hydrogen) atoms. The third-order valence-corrected chi connectivity index (χ3v) is 6.17. The zero-order valence-electron chi connectivity index (χ0n) is 17.4. The van der Waals surface area contributed by atoms with Crippen molar-refractivity contribution in [2.24, 2.45) is 5.92 Å². The van der Waals surface area contributed by atoms with Crippen LogP contribution in [-0.2, 0) is 4.79 Å². The smallest absolute Gasteiger partial charge is 0.303 e. The average molecular weight is 429 g/mol. The van der Waals surface area contributed by atoms with E-state index in [1.807, 2.05) is 12.1 Å². The summed E-state index contributed by atoms with van der Waals surface area (Å²) in [5.74, 6) is 1.24. The van der Waals surface area contributed by atoms with E-state index in [0.29, 0.717) is 35.6 Å². The minimum absolute atomic E-state index is 0.295. The predicted octanol–water partition coefficient (Wildman–Crippen LogP) is 4.94. The van der Waals surface area contributed by atoms with Crippen LogP contribution in [0.25, 0.3) is 34.2 Å². The molecular weight excluding hydrogens is 406 g/mol. The first kappa shape index (κ1) is 20.1. The lowest BCUT2D eigenvalue weighted by Gasteiger charge is -2.28. The second kappa shape index (κ2) is 8.74. The van der Waals surface area contributed by atoms with Crippen molar-refractivity contribution in [3.8, 4) is 34.2 Å². The molecule has 1 aromatic carbocycles. The summed E-state index contributed by atoms with van der Waals surface area (Å²) in [5, 5.41) is 16.1. The molecule has 0 aliphatic heterocycles. The van der Waals surface area contributed by atoms with Gasteiger partial charge in [0.25, 0.3) is 0 Å². The summed E-state index contributed by atoms with van der Waals surface area (Å²) in [4.78, 5) is 24.0. The molecule has 0 spiro atoms. The van der Waals surface area contributed by atoms with Gasteiger partial charge < -0.3 is 9.52 Å². The number of benzene rings is 1. The summed E-state index contributed by atoms with van der Waals surface area (Å²) in [6.07, 6.45) is 9.00. The predicted molar refractivity (Wildman–Crippen MR) is 117 cm³/mol. The number of carboxylic acids is 1. The van der Waals surface area contributed by atoms with Gasteiger partial charge in [-0.05, 0) is 55.2 Å². The van der Waals surface area contributed by atoms with E-state index in [1.54, 1.807) is 6.20 Å². The van der Waals surface area contributed by atoms with Crippen LogP contribution in [0.4, 0.5) is 0 Å². The molecule has 3 aromatic heterocycles. The van der Waals surface area contributed by atoms with Crippen LogP contribution in [0.5, 0.6) is 0 Å². The number of rotatable bonds is 6. The summed E-state index contributed by atoms with van der Waals surface area (Å²) in [7, 11) is 0. The van der Waals surface area contributed by atoms with Gasteiger partial charge in [-0.1, -0.05) is 24.3 Å². The SMILES string of the molecule is O=C(O)C[C@H]1CC[C@H](c2ccc(-c3ccc(-c4nc(-c5cocn5)n[nH]4)cn3)cc2)CC1. The third-order valence-electron chi connectivity index (χ3n) is 6.17. The number of aromatic amines is 1. The number of oxazole rings is 1. The fraction of sp³-hybridized carbons (Fsp3) is 0.292. The second-order valence-corrected chi connectivity index (χ2v) is 8.25. The molecule has 162 valence electrons. The van der Waals surface area contributed by atoms with E-state index in [0.717, 1.165) is 42.5 Å². The summed E-state index contributed by atoms with van der Waals surface area (Å²) in [6.45, 7) is 0. The van der Waals surface area contributed by atoms with E-state index < -0.39 is 5.97 Å². The van der Waals surface area contributed by atoms with Crippen molar-refractivity contribution in [3.63, 3.8) is 0 Å². The Hall–Kier alpha value is -3.81.